The fourth-order valence-corrected chi connectivity index (χ4v) is 2.57. The third kappa shape index (κ3) is 17.6. The molecule has 5 nitrogen and oxygen atoms in total. The number of carbonyl (C=O) groups excluding carboxylic acids is 3. The van der Waals surface area contributed by atoms with Crippen molar-refractivity contribution < 1.29 is 19.5 Å². The van der Waals surface area contributed by atoms with Crippen LogP contribution in [-0.2, 0) is 9.59 Å². The molecule has 0 aliphatic heterocycles. The Balaban J connectivity index is -0.000000461. The largest absolute Gasteiger partial charge is 0.400 e. The van der Waals surface area contributed by atoms with Gasteiger partial charge in [-0.2, -0.15) is 0 Å². The summed E-state index contributed by atoms with van der Waals surface area (Å²) in [4.78, 5) is 32.2. The molecule has 2 aromatic rings. The van der Waals surface area contributed by atoms with Crippen LogP contribution in [0.25, 0.3) is 11.1 Å². The number of amides is 1. The highest BCUT2D eigenvalue weighted by atomic mass is 16.2. The van der Waals surface area contributed by atoms with Crippen molar-refractivity contribution in [3.8, 4) is 11.1 Å². The van der Waals surface area contributed by atoms with Crippen LogP contribution in [0.3, 0.4) is 0 Å². The number of aryl methyl sites for hydroxylation is 1. The molecular formula is C31H51NO4. The topological polar surface area (TPSA) is 83.5 Å². The molecule has 3 rings (SSSR count). The minimum absolute atomic E-state index is 0.102. The molecule has 204 valence electrons. The Labute approximate surface area is 220 Å². The predicted octanol–water partition coefficient (Wildman–Crippen LogP) is 7.29. The van der Waals surface area contributed by atoms with Crippen molar-refractivity contribution in [2.24, 2.45) is 11.8 Å². The van der Waals surface area contributed by atoms with E-state index in [9.17, 15) is 14.4 Å². The first-order chi connectivity index (χ1) is 17.2. The van der Waals surface area contributed by atoms with Gasteiger partial charge in [0.2, 0.25) is 5.91 Å². The smallest absolute Gasteiger partial charge is 0.230 e. The Hall–Kier alpha value is -2.79. The van der Waals surface area contributed by atoms with Crippen molar-refractivity contribution in [2.75, 3.05) is 14.2 Å². The monoisotopic (exact) mass is 501 g/mol. The fraction of sp³-hybridized carbons (Fsp3) is 0.516. The van der Waals surface area contributed by atoms with E-state index in [0.717, 1.165) is 24.2 Å². The fourth-order valence-electron chi connectivity index (χ4n) is 2.57. The number of aliphatic hydroxyl groups excluding tert-OH is 1. The molecule has 5 heteroatoms. The number of carbonyl (C=O) groups is 3. The van der Waals surface area contributed by atoms with Crippen molar-refractivity contribution in [1.29, 1.82) is 0 Å². The Morgan fingerprint density at radius 1 is 0.861 bits per heavy atom. The zero-order valence-electron chi connectivity index (χ0n) is 24.6. The summed E-state index contributed by atoms with van der Waals surface area (Å²) < 4.78 is 0. The lowest BCUT2D eigenvalue weighted by Crippen LogP contribution is -2.29. The number of ketones is 2. The van der Waals surface area contributed by atoms with Crippen LogP contribution in [0.1, 0.15) is 90.6 Å². The van der Waals surface area contributed by atoms with E-state index in [-0.39, 0.29) is 17.5 Å². The molecule has 0 saturated heterocycles. The lowest BCUT2D eigenvalue weighted by molar-refractivity contribution is -0.131. The summed E-state index contributed by atoms with van der Waals surface area (Å²) in [6.07, 6.45) is 4.44. The lowest BCUT2D eigenvalue weighted by Gasteiger charge is -2.03. The summed E-state index contributed by atoms with van der Waals surface area (Å²) in [5, 5.41) is 9.39. The molecule has 0 spiro atoms. The van der Waals surface area contributed by atoms with Gasteiger partial charge in [0.05, 0.1) is 5.92 Å². The maximum absolute atomic E-state index is 11.1. The molecule has 1 fully saturated rings. The highest BCUT2D eigenvalue weighted by Gasteiger charge is 2.17. The summed E-state index contributed by atoms with van der Waals surface area (Å²) in [7, 11) is 2.52. The maximum Gasteiger partial charge on any atom is 0.230 e. The van der Waals surface area contributed by atoms with Gasteiger partial charge in [-0.05, 0) is 44.7 Å². The minimum atomic E-state index is -0.505. The summed E-state index contributed by atoms with van der Waals surface area (Å²) in [6, 6.07) is 16.1. The second kappa shape index (κ2) is 23.9. The van der Waals surface area contributed by atoms with Crippen LogP contribution in [0.15, 0.2) is 48.5 Å². The van der Waals surface area contributed by atoms with E-state index in [0.29, 0.717) is 0 Å². The lowest BCUT2D eigenvalue weighted by atomic mass is 10.0. The van der Waals surface area contributed by atoms with Gasteiger partial charge in [-0.25, -0.2) is 0 Å². The van der Waals surface area contributed by atoms with Gasteiger partial charge < -0.3 is 10.4 Å². The summed E-state index contributed by atoms with van der Waals surface area (Å²) in [5.74, 6) is 0.414. The highest BCUT2D eigenvalue weighted by Crippen LogP contribution is 2.31. The number of hydrogen-bond acceptors (Lipinski definition) is 4. The summed E-state index contributed by atoms with van der Waals surface area (Å²) in [5.41, 5.74) is 4.34. The van der Waals surface area contributed by atoms with Crippen molar-refractivity contribution in [3.63, 3.8) is 0 Å². The normalized spacial score (nSPS) is 11.3. The van der Waals surface area contributed by atoms with E-state index >= 15 is 0 Å². The Bertz CT molecular complexity index is 823. The molecule has 1 aliphatic rings. The van der Waals surface area contributed by atoms with E-state index < -0.39 is 5.92 Å². The predicted molar refractivity (Wildman–Crippen MR) is 154 cm³/mol. The van der Waals surface area contributed by atoms with Crippen molar-refractivity contribution >= 4 is 17.5 Å². The third-order valence-corrected chi connectivity index (χ3v) is 5.20. The second-order valence-corrected chi connectivity index (χ2v) is 7.80. The molecule has 0 aromatic heterocycles. The quantitative estimate of drug-likeness (QED) is 0.333. The van der Waals surface area contributed by atoms with E-state index in [1.54, 1.807) is 13.8 Å². The number of hydrogen-bond donors (Lipinski definition) is 2. The molecule has 0 heterocycles. The van der Waals surface area contributed by atoms with Crippen LogP contribution in [0, 0.1) is 18.8 Å². The number of rotatable bonds is 5. The van der Waals surface area contributed by atoms with Crippen LogP contribution in [0.4, 0.5) is 0 Å². The van der Waals surface area contributed by atoms with Crippen molar-refractivity contribution in [1.82, 2.24) is 5.32 Å². The number of Topliss-reactive ketones (excluding diaryl/α,β-unsaturated/α-hetero) is 2. The minimum Gasteiger partial charge on any atom is -0.400 e. The van der Waals surface area contributed by atoms with Crippen LogP contribution in [0.5, 0.6) is 0 Å². The van der Waals surface area contributed by atoms with Crippen LogP contribution in [0.2, 0.25) is 0 Å². The van der Waals surface area contributed by atoms with Crippen LogP contribution < -0.4 is 5.32 Å². The van der Waals surface area contributed by atoms with Gasteiger partial charge in [0.15, 0.2) is 5.78 Å². The number of aliphatic hydroxyl groups is 1. The molecule has 1 saturated carbocycles. The SMILES string of the molecule is CC.CC.CC(=O)c1ccc(-c2ccc(C)cc2)cc1.CCC1CC1.CNC(=O)C(C)C(C)=O.CO. The molecule has 1 unspecified atom stereocenters. The second-order valence-electron chi connectivity index (χ2n) is 7.80. The van der Waals surface area contributed by atoms with Crippen molar-refractivity contribution in [3.05, 3.63) is 59.7 Å². The molecule has 1 atom stereocenters. The number of benzene rings is 2. The Morgan fingerprint density at radius 3 is 1.47 bits per heavy atom. The van der Waals surface area contributed by atoms with E-state index in [4.69, 9.17) is 5.11 Å². The first-order valence-corrected chi connectivity index (χ1v) is 13.0. The highest BCUT2D eigenvalue weighted by molar-refractivity contribution is 5.99. The molecule has 36 heavy (non-hydrogen) atoms. The zero-order chi connectivity index (χ0) is 28.7. The first kappa shape index (κ1) is 37.8. The molecule has 0 bridgehead atoms. The standard InChI is InChI=1S/C15H14O.C6H11NO2.C5H10.2C2H6.CH4O/c1-11-3-5-14(6-4-11)15-9-7-13(8-10-15)12(2)16;1-4(5(2)8)6(9)7-3;1-2-5-3-4-5;3*1-2/h3-10H,1-2H3;4H,1-3H3,(H,7,9);5H,2-4H2,1H3;2*1-2H3;2H,1H3. The van der Waals surface area contributed by atoms with Crippen molar-refractivity contribution in [2.45, 2.75) is 81.6 Å². The van der Waals surface area contributed by atoms with Gasteiger partial charge in [0, 0.05) is 19.7 Å². The van der Waals surface area contributed by atoms with Gasteiger partial charge in [-0.3, -0.25) is 14.4 Å². The third-order valence-electron chi connectivity index (χ3n) is 5.20. The molecule has 2 N–H and O–H groups in total. The zero-order valence-corrected chi connectivity index (χ0v) is 24.6. The molecule has 0 radical (unpaired) electrons. The Kier molecular flexibility index (Phi) is 25.1. The molecule has 1 amide bonds. The summed E-state index contributed by atoms with van der Waals surface area (Å²) >= 11 is 0. The van der Waals surface area contributed by atoms with E-state index in [1.807, 2.05) is 52.0 Å². The van der Waals surface area contributed by atoms with E-state index in [2.05, 4.69) is 43.4 Å². The van der Waals surface area contributed by atoms with Gasteiger partial charge in [-0.15, -0.1) is 0 Å². The maximum atomic E-state index is 11.1. The molecule has 1 aliphatic carbocycles. The van der Waals surface area contributed by atoms with Gasteiger partial charge >= 0.3 is 0 Å². The van der Waals surface area contributed by atoms with Crippen LogP contribution in [-0.4, -0.2) is 36.7 Å². The van der Waals surface area contributed by atoms with Gasteiger partial charge in [0.1, 0.15) is 5.78 Å². The van der Waals surface area contributed by atoms with E-state index in [1.165, 1.54) is 44.4 Å². The average Bonchev–Trinajstić information content (AvgIpc) is 3.77. The first-order valence-electron chi connectivity index (χ1n) is 13.0. The van der Waals surface area contributed by atoms with Gasteiger partial charge in [-0.1, -0.05) is 108 Å². The summed E-state index contributed by atoms with van der Waals surface area (Å²) in [6.45, 7) is 16.9. The average molecular weight is 502 g/mol. The number of nitrogens with one attached hydrogen (secondary N) is 1. The van der Waals surface area contributed by atoms with Crippen LogP contribution >= 0.6 is 0 Å². The van der Waals surface area contributed by atoms with Gasteiger partial charge in [0.25, 0.3) is 0 Å². The molecule has 2 aromatic carbocycles. The Morgan fingerprint density at radius 2 is 1.25 bits per heavy atom. The molecular weight excluding hydrogens is 450 g/mol.